The van der Waals surface area contributed by atoms with Crippen molar-refractivity contribution in [3.8, 4) is 0 Å². The molecule has 3 aliphatic carbocycles. The lowest BCUT2D eigenvalue weighted by Crippen LogP contribution is -2.57. The van der Waals surface area contributed by atoms with Gasteiger partial charge in [-0.2, -0.15) is 0 Å². The molecule has 0 saturated heterocycles. The van der Waals surface area contributed by atoms with Crippen molar-refractivity contribution < 1.29 is 0 Å². The van der Waals surface area contributed by atoms with E-state index in [0.717, 1.165) is 28.6 Å². The van der Waals surface area contributed by atoms with E-state index in [4.69, 9.17) is 0 Å². The summed E-state index contributed by atoms with van der Waals surface area (Å²) < 4.78 is 0. The van der Waals surface area contributed by atoms with Crippen LogP contribution >= 0.6 is 0 Å². The zero-order valence-corrected chi connectivity index (χ0v) is 12.1. The Morgan fingerprint density at radius 1 is 1.06 bits per heavy atom. The SMILES string of the molecule is CCCC1C(CC)CC23CCC1C2(CC)CC3. The van der Waals surface area contributed by atoms with E-state index in [1.807, 2.05) is 0 Å². The van der Waals surface area contributed by atoms with Crippen LogP contribution in [0.1, 0.15) is 78.6 Å². The lowest BCUT2D eigenvalue weighted by atomic mass is 9.40. The zero-order valence-electron chi connectivity index (χ0n) is 12.1. The lowest BCUT2D eigenvalue weighted by molar-refractivity contribution is -0.158. The minimum Gasteiger partial charge on any atom is -0.0654 e. The predicted molar refractivity (Wildman–Crippen MR) is 73.9 cm³/mol. The monoisotopic (exact) mass is 234 g/mol. The van der Waals surface area contributed by atoms with Crippen molar-refractivity contribution in [1.29, 1.82) is 0 Å². The van der Waals surface area contributed by atoms with Gasteiger partial charge in [-0.15, -0.1) is 0 Å². The lowest BCUT2D eigenvalue weighted by Gasteiger charge is -2.65. The molecule has 0 radical (unpaired) electrons. The molecule has 3 aliphatic rings. The van der Waals surface area contributed by atoms with Gasteiger partial charge in [-0.25, -0.2) is 0 Å². The normalized spacial score (nSPS) is 52.1. The first-order valence-electron chi connectivity index (χ1n) is 8.23. The molecule has 0 amide bonds. The topological polar surface area (TPSA) is 0 Å². The van der Waals surface area contributed by atoms with Gasteiger partial charge in [0.05, 0.1) is 0 Å². The first-order valence-corrected chi connectivity index (χ1v) is 8.23. The average Bonchev–Trinajstić information content (AvgIpc) is 2.48. The first kappa shape index (κ1) is 12.1. The van der Waals surface area contributed by atoms with Crippen LogP contribution in [0, 0.1) is 28.6 Å². The van der Waals surface area contributed by atoms with E-state index in [1.165, 1.54) is 25.7 Å². The van der Waals surface area contributed by atoms with Crippen LogP contribution in [0.5, 0.6) is 0 Å². The van der Waals surface area contributed by atoms with Crippen LogP contribution in [0.25, 0.3) is 0 Å². The summed E-state index contributed by atoms with van der Waals surface area (Å²) >= 11 is 0. The summed E-state index contributed by atoms with van der Waals surface area (Å²) in [7, 11) is 0. The third kappa shape index (κ3) is 1.31. The van der Waals surface area contributed by atoms with E-state index >= 15 is 0 Å². The summed E-state index contributed by atoms with van der Waals surface area (Å²) in [6.07, 6.45) is 13.8. The minimum atomic E-state index is 0.818. The van der Waals surface area contributed by atoms with Gasteiger partial charge in [0.25, 0.3) is 0 Å². The van der Waals surface area contributed by atoms with Gasteiger partial charge in [0.1, 0.15) is 0 Å². The maximum Gasteiger partial charge on any atom is -0.0212 e. The Labute approximate surface area is 108 Å². The molecule has 0 nitrogen and oxygen atoms in total. The summed E-state index contributed by atoms with van der Waals surface area (Å²) in [6, 6.07) is 0. The van der Waals surface area contributed by atoms with Gasteiger partial charge in [0.2, 0.25) is 0 Å². The van der Waals surface area contributed by atoms with Gasteiger partial charge in [0.15, 0.2) is 0 Å². The molecule has 3 rings (SSSR count). The fourth-order valence-electron chi connectivity index (χ4n) is 6.50. The Kier molecular flexibility index (Phi) is 2.84. The van der Waals surface area contributed by atoms with Crippen molar-refractivity contribution in [3.63, 3.8) is 0 Å². The highest BCUT2D eigenvalue weighted by atomic mass is 14.7. The summed E-state index contributed by atoms with van der Waals surface area (Å²) in [5, 5.41) is 0. The molecule has 3 saturated carbocycles. The standard InChI is InChI=1S/C17H30/c1-4-7-14-13(5-2)12-16-9-8-15(14)17(16,6-3)11-10-16/h13-15H,4-12H2,1-3H3. The Morgan fingerprint density at radius 2 is 1.88 bits per heavy atom. The minimum absolute atomic E-state index is 0.818. The number of hydrogen-bond donors (Lipinski definition) is 0. The van der Waals surface area contributed by atoms with E-state index in [0.29, 0.717) is 0 Å². The van der Waals surface area contributed by atoms with Crippen molar-refractivity contribution >= 4 is 0 Å². The van der Waals surface area contributed by atoms with Crippen molar-refractivity contribution in [3.05, 3.63) is 0 Å². The smallest absolute Gasteiger partial charge is 0.0212 e. The predicted octanol–water partition coefficient (Wildman–Crippen LogP) is 5.42. The Hall–Kier alpha value is 0. The molecule has 3 fully saturated rings. The van der Waals surface area contributed by atoms with Crippen LogP contribution in [-0.4, -0.2) is 0 Å². The maximum atomic E-state index is 2.49. The molecule has 0 N–H and O–H groups in total. The quantitative estimate of drug-likeness (QED) is 0.609. The molecule has 0 heteroatoms. The van der Waals surface area contributed by atoms with Gasteiger partial charge in [0, 0.05) is 0 Å². The van der Waals surface area contributed by atoms with Crippen molar-refractivity contribution in [1.82, 2.24) is 0 Å². The fourth-order valence-corrected chi connectivity index (χ4v) is 6.50. The summed E-state index contributed by atoms with van der Waals surface area (Å²) in [5.74, 6) is 3.27. The molecular formula is C17H30. The molecule has 0 spiro atoms. The highest BCUT2D eigenvalue weighted by molar-refractivity contribution is 5.18. The molecule has 5 unspecified atom stereocenters. The molecule has 0 aromatic heterocycles. The van der Waals surface area contributed by atoms with Crippen molar-refractivity contribution in [2.45, 2.75) is 78.6 Å². The highest BCUT2D eigenvalue weighted by Gasteiger charge is 2.69. The Bertz CT molecular complexity index is 290. The van der Waals surface area contributed by atoms with E-state index in [2.05, 4.69) is 20.8 Å². The molecule has 2 bridgehead atoms. The summed E-state index contributed by atoms with van der Waals surface area (Å²) in [4.78, 5) is 0. The fraction of sp³-hybridized carbons (Fsp3) is 1.00. The second kappa shape index (κ2) is 4.00. The molecule has 0 aromatic carbocycles. The molecule has 5 atom stereocenters. The van der Waals surface area contributed by atoms with Crippen LogP contribution in [0.4, 0.5) is 0 Å². The van der Waals surface area contributed by atoms with E-state index in [9.17, 15) is 0 Å². The van der Waals surface area contributed by atoms with Crippen LogP contribution in [-0.2, 0) is 0 Å². The largest absolute Gasteiger partial charge is 0.0654 e. The molecule has 0 heterocycles. The van der Waals surface area contributed by atoms with Gasteiger partial charge in [-0.1, -0.05) is 40.0 Å². The van der Waals surface area contributed by atoms with E-state index in [-0.39, 0.29) is 0 Å². The molecule has 98 valence electrons. The van der Waals surface area contributed by atoms with Crippen LogP contribution in [0.3, 0.4) is 0 Å². The van der Waals surface area contributed by atoms with Gasteiger partial charge < -0.3 is 0 Å². The van der Waals surface area contributed by atoms with E-state index < -0.39 is 0 Å². The maximum absolute atomic E-state index is 2.49. The third-order valence-electron chi connectivity index (χ3n) is 7.30. The Morgan fingerprint density at radius 3 is 2.41 bits per heavy atom. The Balaban J connectivity index is 1.92. The average molecular weight is 234 g/mol. The van der Waals surface area contributed by atoms with Crippen LogP contribution in [0.15, 0.2) is 0 Å². The van der Waals surface area contributed by atoms with Crippen LogP contribution < -0.4 is 0 Å². The molecule has 0 aliphatic heterocycles. The van der Waals surface area contributed by atoms with Crippen molar-refractivity contribution in [2.75, 3.05) is 0 Å². The van der Waals surface area contributed by atoms with Gasteiger partial charge >= 0.3 is 0 Å². The van der Waals surface area contributed by atoms with E-state index in [1.54, 1.807) is 32.1 Å². The zero-order chi connectivity index (χ0) is 12.1. The summed E-state index contributed by atoms with van der Waals surface area (Å²) in [6.45, 7) is 7.32. The number of hydrogen-bond acceptors (Lipinski definition) is 0. The van der Waals surface area contributed by atoms with Crippen molar-refractivity contribution in [2.24, 2.45) is 28.6 Å². The summed E-state index contributed by atoms with van der Waals surface area (Å²) in [5.41, 5.74) is 1.65. The first-order chi connectivity index (χ1) is 8.23. The second-order valence-corrected chi connectivity index (χ2v) is 7.26. The highest BCUT2D eigenvalue weighted by Crippen LogP contribution is 2.78. The molecular weight excluding hydrogens is 204 g/mol. The third-order valence-corrected chi connectivity index (χ3v) is 7.30. The van der Waals surface area contributed by atoms with Crippen LogP contribution in [0.2, 0.25) is 0 Å². The number of rotatable bonds is 4. The van der Waals surface area contributed by atoms with Gasteiger partial charge in [-0.3, -0.25) is 0 Å². The van der Waals surface area contributed by atoms with Gasteiger partial charge in [-0.05, 0) is 67.1 Å². The molecule has 17 heavy (non-hydrogen) atoms. The second-order valence-electron chi connectivity index (χ2n) is 7.26. The molecule has 0 aromatic rings.